The zero-order valence-electron chi connectivity index (χ0n) is 20.0. The van der Waals surface area contributed by atoms with Gasteiger partial charge in [0.05, 0.1) is 13.2 Å². The molecule has 7 heteroatoms. The zero-order chi connectivity index (χ0) is 22.6. The molecule has 1 heterocycles. The molecule has 2 aromatic rings. The largest absolute Gasteiger partial charge is 0.491 e. The first kappa shape index (κ1) is 27.0. The van der Waals surface area contributed by atoms with Crippen LogP contribution >= 0.6 is 24.0 Å². The second-order valence-corrected chi connectivity index (χ2v) is 7.75. The predicted octanol–water partition coefficient (Wildman–Crippen LogP) is 4.66. The summed E-state index contributed by atoms with van der Waals surface area (Å²) in [5, 5.41) is 6.77. The van der Waals surface area contributed by atoms with Crippen LogP contribution in [-0.2, 0) is 17.8 Å². The molecule has 3 rings (SSSR count). The van der Waals surface area contributed by atoms with Crippen molar-refractivity contribution in [3.8, 4) is 5.75 Å². The van der Waals surface area contributed by atoms with Crippen LogP contribution < -0.4 is 20.3 Å². The number of nitrogens with one attached hydrogen (secondary N) is 2. The molecule has 0 spiro atoms. The Balaban J connectivity index is 0.00000385. The zero-order valence-corrected chi connectivity index (χ0v) is 22.3. The highest BCUT2D eigenvalue weighted by molar-refractivity contribution is 14.0. The Hall–Kier alpha value is -2.26. The van der Waals surface area contributed by atoms with E-state index in [-0.39, 0.29) is 24.0 Å². The normalized spacial score (nSPS) is 13.1. The molecule has 0 saturated heterocycles. The van der Waals surface area contributed by atoms with E-state index in [9.17, 15) is 0 Å². The van der Waals surface area contributed by atoms with Crippen LogP contribution in [0.15, 0.2) is 59.6 Å². The van der Waals surface area contributed by atoms with Crippen LogP contribution in [0.25, 0.3) is 0 Å². The van der Waals surface area contributed by atoms with E-state index in [0.29, 0.717) is 32.9 Å². The number of benzene rings is 2. The van der Waals surface area contributed by atoms with Gasteiger partial charge in [0.1, 0.15) is 12.4 Å². The Bertz CT molecular complexity index is 892. The number of ether oxygens (including phenoxy) is 2. The number of nitrogens with zero attached hydrogens (tertiary/aromatic N) is 2. The van der Waals surface area contributed by atoms with Gasteiger partial charge in [0, 0.05) is 44.0 Å². The summed E-state index contributed by atoms with van der Waals surface area (Å²) >= 11 is 0. The SMILES string of the molecule is CCNC(=NCc1ccc(N2CC=CC2)cc1)NCc1ccc(C)cc1OCCOCC.I. The van der Waals surface area contributed by atoms with Crippen molar-refractivity contribution >= 4 is 35.6 Å². The van der Waals surface area contributed by atoms with Gasteiger partial charge in [0.15, 0.2) is 5.96 Å². The Morgan fingerprint density at radius 3 is 2.45 bits per heavy atom. The third-order valence-corrected chi connectivity index (χ3v) is 5.24. The average Bonchev–Trinajstić information content (AvgIpc) is 3.35. The summed E-state index contributed by atoms with van der Waals surface area (Å²) in [4.78, 5) is 7.11. The third kappa shape index (κ3) is 8.89. The van der Waals surface area contributed by atoms with Gasteiger partial charge in [-0.05, 0) is 50.1 Å². The molecule has 6 nitrogen and oxygen atoms in total. The Labute approximate surface area is 215 Å². The van der Waals surface area contributed by atoms with Crippen LogP contribution in [0.3, 0.4) is 0 Å². The molecule has 33 heavy (non-hydrogen) atoms. The number of rotatable bonds is 11. The summed E-state index contributed by atoms with van der Waals surface area (Å²) in [5.41, 5.74) is 4.72. The van der Waals surface area contributed by atoms with Crippen LogP contribution in [0.2, 0.25) is 0 Å². The van der Waals surface area contributed by atoms with Gasteiger partial charge in [-0.25, -0.2) is 4.99 Å². The lowest BCUT2D eigenvalue weighted by Crippen LogP contribution is -2.36. The second-order valence-electron chi connectivity index (χ2n) is 7.75. The molecular weight excluding hydrogens is 527 g/mol. The summed E-state index contributed by atoms with van der Waals surface area (Å²) < 4.78 is 11.4. The van der Waals surface area contributed by atoms with Gasteiger partial charge >= 0.3 is 0 Å². The average molecular weight is 565 g/mol. The molecule has 180 valence electrons. The number of anilines is 1. The number of halogens is 1. The highest BCUT2D eigenvalue weighted by Gasteiger charge is 2.08. The van der Waals surface area contributed by atoms with E-state index in [1.165, 1.54) is 16.8 Å². The highest BCUT2D eigenvalue weighted by atomic mass is 127. The van der Waals surface area contributed by atoms with Crippen molar-refractivity contribution in [1.82, 2.24) is 10.6 Å². The van der Waals surface area contributed by atoms with Gasteiger partial charge in [-0.2, -0.15) is 0 Å². The molecule has 2 aromatic carbocycles. The van der Waals surface area contributed by atoms with Crippen LogP contribution in [0.1, 0.15) is 30.5 Å². The van der Waals surface area contributed by atoms with Crippen LogP contribution in [0.5, 0.6) is 5.75 Å². The number of hydrogen-bond acceptors (Lipinski definition) is 4. The molecule has 0 atom stereocenters. The Morgan fingerprint density at radius 2 is 1.76 bits per heavy atom. The van der Waals surface area contributed by atoms with E-state index in [2.05, 4.69) is 84.0 Å². The van der Waals surface area contributed by atoms with Crippen molar-refractivity contribution in [2.24, 2.45) is 4.99 Å². The van der Waals surface area contributed by atoms with Crippen molar-refractivity contribution in [3.05, 3.63) is 71.3 Å². The molecule has 0 aliphatic carbocycles. The molecule has 2 N–H and O–H groups in total. The lowest BCUT2D eigenvalue weighted by atomic mass is 10.1. The molecule has 1 aliphatic heterocycles. The molecule has 0 unspecified atom stereocenters. The maximum Gasteiger partial charge on any atom is 0.191 e. The first-order valence-corrected chi connectivity index (χ1v) is 11.5. The summed E-state index contributed by atoms with van der Waals surface area (Å²) in [7, 11) is 0. The maximum absolute atomic E-state index is 5.96. The smallest absolute Gasteiger partial charge is 0.191 e. The van der Waals surface area contributed by atoms with E-state index in [1.807, 2.05) is 6.92 Å². The Kier molecular flexibility index (Phi) is 12.1. The number of hydrogen-bond donors (Lipinski definition) is 2. The number of aliphatic imine (C=N–C) groups is 1. The van der Waals surface area contributed by atoms with E-state index in [1.54, 1.807) is 0 Å². The highest BCUT2D eigenvalue weighted by Crippen LogP contribution is 2.21. The molecule has 0 saturated carbocycles. The quantitative estimate of drug-likeness (QED) is 0.137. The van der Waals surface area contributed by atoms with Crippen molar-refractivity contribution in [2.75, 3.05) is 44.4 Å². The van der Waals surface area contributed by atoms with Gasteiger partial charge in [-0.15, -0.1) is 24.0 Å². The summed E-state index contributed by atoms with van der Waals surface area (Å²) in [6.07, 6.45) is 4.41. The van der Waals surface area contributed by atoms with E-state index >= 15 is 0 Å². The fourth-order valence-electron chi connectivity index (χ4n) is 3.49. The maximum atomic E-state index is 5.96. The monoisotopic (exact) mass is 564 g/mol. The van der Waals surface area contributed by atoms with Gasteiger partial charge in [-0.3, -0.25) is 0 Å². The fourth-order valence-corrected chi connectivity index (χ4v) is 3.49. The standard InChI is InChI=1S/C26H36N4O2.HI/c1-4-27-26(28-19-22-9-12-24(13-10-22)30-14-6-7-15-30)29-20-23-11-8-21(3)18-25(23)32-17-16-31-5-2;/h6-13,18H,4-5,14-17,19-20H2,1-3H3,(H2,27,28,29);1H. The third-order valence-electron chi connectivity index (χ3n) is 5.24. The van der Waals surface area contributed by atoms with Crippen LogP contribution in [-0.4, -0.2) is 45.4 Å². The minimum atomic E-state index is 0. The molecule has 0 radical (unpaired) electrons. The first-order valence-electron chi connectivity index (χ1n) is 11.5. The second kappa shape index (κ2) is 14.8. The van der Waals surface area contributed by atoms with Crippen LogP contribution in [0.4, 0.5) is 5.69 Å². The molecular formula is C26H37IN4O2. The fraction of sp³-hybridized carbons (Fsp3) is 0.423. The predicted molar refractivity (Wildman–Crippen MR) is 148 cm³/mol. The summed E-state index contributed by atoms with van der Waals surface area (Å²) in [5.74, 6) is 1.68. The van der Waals surface area contributed by atoms with Crippen molar-refractivity contribution in [3.63, 3.8) is 0 Å². The van der Waals surface area contributed by atoms with Gasteiger partial charge in [0.25, 0.3) is 0 Å². The lowest BCUT2D eigenvalue weighted by molar-refractivity contribution is 0.110. The summed E-state index contributed by atoms with van der Waals surface area (Å²) in [6.45, 7) is 12.0. The minimum Gasteiger partial charge on any atom is -0.491 e. The topological polar surface area (TPSA) is 58.1 Å². The van der Waals surface area contributed by atoms with Gasteiger partial charge in [0.2, 0.25) is 0 Å². The molecule has 0 aromatic heterocycles. The molecule has 0 fully saturated rings. The first-order chi connectivity index (χ1) is 15.7. The van der Waals surface area contributed by atoms with Crippen molar-refractivity contribution in [2.45, 2.75) is 33.9 Å². The number of guanidine groups is 1. The molecule has 0 bridgehead atoms. The van der Waals surface area contributed by atoms with Crippen molar-refractivity contribution < 1.29 is 9.47 Å². The number of aryl methyl sites for hydroxylation is 1. The van der Waals surface area contributed by atoms with Crippen molar-refractivity contribution in [1.29, 1.82) is 0 Å². The minimum absolute atomic E-state index is 0. The van der Waals surface area contributed by atoms with Gasteiger partial charge in [-0.1, -0.05) is 36.4 Å². The van der Waals surface area contributed by atoms with Crippen LogP contribution in [0, 0.1) is 6.92 Å². The lowest BCUT2D eigenvalue weighted by Gasteiger charge is -2.18. The van der Waals surface area contributed by atoms with E-state index < -0.39 is 0 Å². The van der Waals surface area contributed by atoms with E-state index in [4.69, 9.17) is 14.5 Å². The molecule has 1 aliphatic rings. The van der Waals surface area contributed by atoms with E-state index in [0.717, 1.165) is 36.9 Å². The molecule has 0 amide bonds. The van der Waals surface area contributed by atoms with Gasteiger partial charge < -0.3 is 25.0 Å². The Morgan fingerprint density at radius 1 is 1.00 bits per heavy atom. The summed E-state index contributed by atoms with van der Waals surface area (Å²) in [6, 6.07) is 15.0.